The Hall–Kier alpha value is -3.84. The SMILES string of the molecule is C[N+]1([O-])CCN(c2ccc(C(=O)Nc3n[nH]c4cc(OCCOCc5ccc(C(F)(F)F)cc5)ccc34)cc2)CC1.Cl. The summed E-state index contributed by atoms with van der Waals surface area (Å²) < 4.78 is 49.0. The van der Waals surface area contributed by atoms with Crippen LogP contribution in [0.5, 0.6) is 5.75 Å². The number of fused-ring (bicyclic) bond motifs is 1. The van der Waals surface area contributed by atoms with E-state index in [1.54, 1.807) is 37.4 Å². The second-order valence-corrected chi connectivity index (χ2v) is 10.1. The number of ether oxygens (including phenoxy) is 2. The third kappa shape index (κ3) is 7.71. The Morgan fingerprint density at radius 1 is 1.05 bits per heavy atom. The molecule has 0 aliphatic carbocycles. The first-order valence-electron chi connectivity index (χ1n) is 13.1. The maximum Gasteiger partial charge on any atom is 0.416 e. The molecule has 1 amide bonds. The van der Waals surface area contributed by atoms with E-state index in [0.29, 0.717) is 59.8 Å². The van der Waals surface area contributed by atoms with Crippen molar-refractivity contribution in [3.8, 4) is 5.75 Å². The van der Waals surface area contributed by atoms with Gasteiger partial charge in [-0.15, -0.1) is 12.4 Å². The lowest BCUT2D eigenvalue weighted by Crippen LogP contribution is -2.53. The minimum atomic E-state index is -4.36. The number of quaternary nitrogens is 1. The zero-order valence-electron chi connectivity index (χ0n) is 22.8. The molecule has 3 aromatic carbocycles. The van der Waals surface area contributed by atoms with Gasteiger partial charge in [0.25, 0.3) is 5.91 Å². The summed E-state index contributed by atoms with van der Waals surface area (Å²) in [6, 6.07) is 17.4. The lowest BCUT2D eigenvalue weighted by molar-refractivity contribution is -0.861. The number of H-pyrrole nitrogens is 1. The summed E-state index contributed by atoms with van der Waals surface area (Å²) in [5, 5.41) is 22.7. The van der Waals surface area contributed by atoms with Crippen LogP contribution in [0.4, 0.5) is 24.7 Å². The molecule has 0 atom stereocenters. The van der Waals surface area contributed by atoms with Crippen LogP contribution in [-0.2, 0) is 17.5 Å². The largest absolute Gasteiger partial charge is 0.633 e. The van der Waals surface area contributed by atoms with Crippen LogP contribution >= 0.6 is 12.4 Å². The molecule has 4 aromatic rings. The van der Waals surface area contributed by atoms with E-state index < -0.39 is 11.7 Å². The van der Waals surface area contributed by atoms with Crippen molar-refractivity contribution in [2.45, 2.75) is 12.8 Å². The number of aromatic amines is 1. The number of benzene rings is 3. The lowest BCUT2D eigenvalue weighted by Gasteiger charge is -2.45. The van der Waals surface area contributed by atoms with Gasteiger partial charge in [0.05, 0.1) is 57.5 Å². The number of nitrogens with zero attached hydrogens (tertiary/aromatic N) is 3. The van der Waals surface area contributed by atoms with Gasteiger partial charge in [0, 0.05) is 22.7 Å². The molecular formula is C29H31ClF3N5O4. The van der Waals surface area contributed by atoms with Gasteiger partial charge in [0.2, 0.25) is 0 Å². The van der Waals surface area contributed by atoms with E-state index >= 15 is 0 Å². The number of hydrogen-bond donors (Lipinski definition) is 2. The summed E-state index contributed by atoms with van der Waals surface area (Å²) in [5.41, 5.74) is 2.08. The van der Waals surface area contributed by atoms with Crippen LogP contribution in [0.15, 0.2) is 66.7 Å². The Kier molecular flexibility index (Phi) is 9.62. The van der Waals surface area contributed by atoms with Crippen molar-refractivity contribution >= 4 is 40.7 Å². The Bertz CT molecular complexity index is 1480. The Labute approximate surface area is 246 Å². The predicted octanol–water partition coefficient (Wildman–Crippen LogP) is 5.62. The van der Waals surface area contributed by atoms with Crippen molar-refractivity contribution in [3.63, 3.8) is 0 Å². The van der Waals surface area contributed by atoms with Gasteiger partial charge in [-0.05, 0) is 54.1 Å². The average molecular weight is 606 g/mol. The number of anilines is 2. The lowest BCUT2D eigenvalue weighted by atomic mass is 10.1. The number of rotatable bonds is 9. The maximum absolute atomic E-state index is 12.9. The van der Waals surface area contributed by atoms with E-state index in [9.17, 15) is 23.2 Å². The number of nitrogens with one attached hydrogen (secondary N) is 2. The molecule has 1 aliphatic heterocycles. The first-order chi connectivity index (χ1) is 19.6. The Morgan fingerprint density at radius 2 is 1.74 bits per heavy atom. The van der Waals surface area contributed by atoms with Gasteiger partial charge in [0.15, 0.2) is 5.82 Å². The third-order valence-corrected chi connectivity index (χ3v) is 6.99. The van der Waals surface area contributed by atoms with Gasteiger partial charge in [-0.1, -0.05) is 12.1 Å². The highest BCUT2D eigenvalue weighted by Crippen LogP contribution is 2.29. The summed E-state index contributed by atoms with van der Waals surface area (Å²) in [6.07, 6.45) is -4.36. The highest BCUT2D eigenvalue weighted by Gasteiger charge is 2.30. The van der Waals surface area contributed by atoms with Crippen molar-refractivity contribution in [2.75, 3.05) is 56.7 Å². The Morgan fingerprint density at radius 3 is 2.40 bits per heavy atom. The summed E-state index contributed by atoms with van der Waals surface area (Å²) in [6.45, 7) is 3.06. The molecule has 1 aliphatic rings. The summed E-state index contributed by atoms with van der Waals surface area (Å²) in [7, 11) is 1.69. The number of halogens is 4. The van der Waals surface area contributed by atoms with Crippen molar-refractivity contribution in [2.24, 2.45) is 0 Å². The molecule has 13 heteroatoms. The number of carbonyl (C=O) groups excluding carboxylic acids is 1. The number of carbonyl (C=O) groups is 1. The van der Waals surface area contributed by atoms with Gasteiger partial charge in [-0.25, -0.2) is 0 Å². The van der Waals surface area contributed by atoms with Crippen LogP contribution in [0.3, 0.4) is 0 Å². The number of aromatic nitrogens is 2. The fourth-order valence-electron chi connectivity index (χ4n) is 4.53. The van der Waals surface area contributed by atoms with E-state index in [0.717, 1.165) is 17.8 Å². The summed E-state index contributed by atoms with van der Waals surface area (Å²) in [5.74, 6) is 0.670. The second-order valence-electron chi connectivity index (χ2n) is 10.1. The van der Waals surface area contributed by atoms with Crippen molar-refractivity contribution in [1.82, 2.24) is 10.2 Å². The van der Waals surface area contributed by atoms with Gasteiger partial charge in [0.1, 0.15) is 12.4 Å². The molecule has 5 rings (SSSR count). The topological polar surface area (TPSA) is 103 Å². The van der Waals surface area contributed by atoms with E-state index in [1.807, 2.05) is 12.1 Å². The number of hydroxylamine groups is 3. The number of hydrogen-bond acceptors (Lipinski definition) is 6. The van der Waals surface area contributed by atoms with Gasteiger partial charge in [-0.3, -0.25) is 9.89 Å². The normalized spacial score (nSPS) is 14.8. The van der Waals surface area contributed by atoms with Crippen molar-refractivity contribution in [1.29, 1.82) is 0 Å². The van der Waals surface area contributed by atoms with Crippen LogP contribution in [0, 0.1) is 5.21 Å². The minimum absolute atomic E-state index is 0. The number of likely N-dealkylation sites (N-methyl/N-ethyl adjacent to an activating group) is 1. The first-order valence-corrected chi connectivity index (χ1v) is 13.1. The molecule has 9 nitrogen and oxygen atoms in total. The molecular weight excluding hydrogens is 575 g/mol. The predicted molar refractivity (Wildman–Crippen MR) is 156 cm³/mol. The smallest absolute Gasteiger partial charge is 0.416 e. The Balaban J connectivity index is 0.00000405. The van der Waals surface area contributed by atoms with Crippen LogP contribution in [0.25, 0.3) is 10.9 Å². The molecule has 2 N–H and O–H groups in total. The van der Waals surface area contributed by atoms with Crippen LogP contribution in [0.2, 0.25) is 0 Å². The molecule has 2 heterocycles. The molecule has 1 saturated heterocycles. The fourth-order valence-corrected chi connectivity index (χ4v) is 4.53. The van der Waals surface area contributed by atoms with Crippen molar-refractivity contribution in [3.05, 3.63) is 88.6 Å². The zero-order chi connectivity index (χ0) is 29.0. The van der Waals surface area contributed by atoms with E-state index in [1.165, 1.54) is 12.1 Å². The monoisotopic (exact) mass is 605 g/mol. The highest BCUT2D eigenvalue weighted by atomic mass is 35.5. The highest BCUT2D eigenvalue weighted by molar-refractivity contribution is 6.08. The zero-order valence-corrected chi connectivity index (χ0v) is 23.6. The number of piperazine rings is 1. The molecule has 0 radical (unpaired) electrons. The van der Waals surface area contributed by atoms with Crippen LogP contribution < -0.4 is 15.0 Å². The maximum atomic E-state index is 12.9. The summed E-state index contributed by atoms with van der Waals surface area (Å²) >= 11 is 0. The average Bonchev–Trinajstić information content (AvgIpc) is 3.34. The third-order valence-electron chi connectivity index (χ3n) is 6.99. The van der Waals surface area contributed by atoms with Gasteiger partial charge < -0.3 is 29.5 Å². The van der Waals surface area contributed by atoms with Crippen LogP contribution in [-0.4, -0.2) is 67.2 Å². The molecule has 0 bridgehead atoms. The molecule has 0 spiro atoms. The fraction of sp³-hybridized carbons (Fsp3) is 0.310. The quantitative estimate of drug-likeness (QED) is 0.146. The van der Waals surface area contributed by atoms with E-state index in [-0.39, 0.29) is 42.8 Å². The first kappa shape index (κ1) is 31.1. The van der Waals surface area contributed by atoms with Crippen LogP contribution in [0.1, 0.15) is 21.5 Å². The number of amides is 1. The molecule has 1 aromatic heterocycles. The van der Waals surface area contributed by atoms with Gasteiger partial charge >= 0.3 is 6.18 Å². The number of alkyl halides is 3. The minimum Gasteiger partial charge on any atom is -0.633 e. The standard InChI is InChI=1S/C29H30F3N5O4.ClH/c1-37(39)14-12-36(13-15-37)23-8-4-21(5-9-23)28(38)33-27-25-11-10-24(18-26(25)34-35-27)41-17-16-40-19-20-2-6-22(7-3-20)29(30,31)32;/h2-11,18H,12-17,19H2,1H3,(H2,33,34,35,38);1H. The molecule has 224 valence electrons. The molecule has 42 heavy (non-hydrogen) atoms. The second kappa shape index (κ2) is 13.0. The van der Waals surface area contributed by atoms with E-state index in [2.05, 4.69) is 20.4 Å². The van der Waals surface area contributed by atoms with Gasteiger partial charge in [-0.2, -0.15) is 18.3 Å². The molecule has 0 unspecified atom stereocenters. The molecule has 0 saturated carbocycles. The molecule has 1 fully saturated rings. The summed E-state index contributed by atoms with van der Waals surface area (Å²) in [4.78, 5) is 15.0. The van der Waals surface area contributed by atoms with Crippen molar-refractivity contribution < 1.29 is 32.1 Å². The van der Waals surface area contributed by atoms with E-state index in [4.69, 9.17) is 9.47 Å².